The fourth-order valence-corrected chi connectivity index (χ4v) is 3.21. The van der Waals surface area contributed by atoms with Gasteiger partial charge in [0.2, 0.25) is 0 Å². The van der Waals surface area contributed by atoms with Gasteiger partial charge in [0, 0.05) is 11.6 Å². The van der Waals surface area contributed by atoms with Crippen LogP contribution in [0.5, 0.6) is 0 Å². The summed E-state index contributed by atoms with van der Waals surface area (Å²) in [5, 5.41) is 0.484. The molecule has 1 aromatic carbocycles. The van der Waals surface area contributed by atoms with Gasteiger partial charge in [0.05, 0.1) is 21.5 Å². The highest BCUT2D eigenvalue weighted by molar-refractivity contribution is 8.18. The van der Waals surface area contributed by atoms with E-state index in [9.17, 15) is 9.59 Å². The highest BCUT2D eigenvalue weighted by Crippen LogP contribution is 2.34. The Labute approximate surface area is 152 Å². The van der Waals surface area contributed by atoms with Crippen LogP contribution in [-0.4, -0.2) is 22.6 Å². The van der Waals surface area contributed by atoms with E-state index in [-0.39, 0.29) is 16.7 Å². The van der Waals surface area contributed by atoms with Gasteiger partial charge in [0.25, 0.3) is 11.1 Å². The van der Waals surface area contributed by atoms with Gasteiger partial charge < -0.3 is 4.42 Å². The number of hydrogen-bond acceptors (Lipinski definition) is 4. The van der Waals surface area contributed by atoms with E-state index >= 15 is 0 Å². The fourth-order valence-electron chi connectivity index (χ4n) is 2.09. The van der Waals surface area contributed by atoms with E-state index in [2.05, 4.69) is 5.92 Å². The van der Waals surface area contributed by atoms with E-state index in [0.29, 0.717) is 21.6 Å². The topological polar surface area (TPSA) is 50.5 Å². The molecule has 2 aromatic rings. The number of thioether (sulfide) groups is 1. The number of hydrogen-bond donors (Lipinski definition) is 0. The zero-order valence-electron chi connectivity index (χ0n) is 12.1. The van der Waals surface area contributed by atoms with Crippen LogP contribution >= 0.6 is 35.0 Å². The van der Waals surface area contributed by atoms with Gasteiger partial charge in [0.15, 0.2) is 0 Å². The molecule has 0 unspecified atom stereocenters. The molecule has 4 nitrogen and oxygen atoms in total. The molecule has 3 rings (SSSR count). The van der Waals surface area contributed by atoms with E-state index in [4.69, 9.17) is 34.0 Å². The number of imide groups is 1. The Bertz CT molecular complexity index is 911. The molecule has 1 fully saturated rings. The molecule has 2 amide bonds. The summed E-state index contributed by atoms with van der Waals surface area (Å²) >= 11 is 12.7. The van der Waals surface area contributed by atoms with E-state index < -0.39 is 5.91 Å². The zero-order valence-corrected chi connectivity index (χ0v) is 14.4. The maximum atomic E-state index is 12.1. The van der Waals surface area contributed by atoms with Crippen LogP contribution < -0.4 is 0 Å². The van der Waals surface area contributed by atoms with Gasteiger partial charge in [-0.25, -0.2) is 0 Å². The molecule has 0 bridgehead atoms. The van der Waals surface area contributed by atoms with Gasteiger partial charge >= 0.3 is 0 Å². The Hall–Kier alpha value is -2.13. The second kappa shape index (κ2) is 6.78. The third-order valence-corrected chi connectivity index (χ3v) is 4.87. The molecule has 1 aromatic heterocycles. The van der Waals surface area contributed by atoms with E-state index in [0.717, 1.165) is 22.2 Å². The molecule has 7 heteroatoms. The van der Waals surface area contributed by atoms with E-state index in [1.807, 2.05) is 0 Å². The van der Waals surface area contributed by atoms with Gasteiger partial charge in [-0.15, -0.1) is 6.42 Å². The minimum absolute atomic E-state index is 0.0469. The average Bonchev–Trinajstić information content (AvgIpc) is 3.11. The van der Waals surface area contributed by atoms with Crippen LogP contribution in [0.3, 0.4) is 0 Å². The molecule has 0 radical (unpaired) electrons. The number of carbonyl (C=O) groups is 2. The highest BCUT2D eigenvalue weighted by atomic mass is 35.5. The minimum atomic E-state index is -0.421. The van der Waals surface area contributed by atoms with Crippen molar-refractivity contribution in [2.24, 2.45) is 0 Å². The molecular weight excluding hydrogens is 369 g/mol. The van der Waals surface area contributed by atoms with Gasteiger partial charge in [0.1, 0.15) is 11.5 Å². The summed E-state index contributed by atoms with van der Waals surface area (Å²) in [6, 6.07) is 8.58. The predicted molar refractivity (Wildman–Crippen MR) is 95.7 cm³/mol. The minimum Gasteiger partial charge on any atom is -0.457 e. The van der Waals surface area contributed by atoms with Gasteiger partial charge in [-0.05, 0) is 42.1 Å². The van der Waals surface area contributed by atoms with Crippen LogP contribution in [0.1, 0.15) is 5.76 Å². The third kappa shape index (κ3) is 3.22. The largest absolute Gasteiger partial charge is 0.457 e. The second-order valence-corrected chi connectivity index (χ2v) is 6.61. The van der Waals surface area contributed by atoms with Crippen molar-refractivity contribution < 1.29 is 14.0 Å². The molecule has 120 valence electrons. The Kier molecular flexibility index (Phi) is 4.72. The lowest BCUT2D eigenvalue weighted by atomic mass is 10.2. The lowest BCUT2D eigenvalue weighted by Gasteiger charge is -2.06. The standard InChI is InChI=1S/C17H9Cl2NO3S/c1-2-7-20-16(21)15(24-17(20)22)9-11-4-6-14(23-11)10-3-5-12(18)13(19)8-10/h1,3-6,8-9H,7H2. The summed E-state index contributed by atoms with van der Waals surface area (Å²) in [6.07, 6.45) is 6.67. The molecular formula is C17H9Cl2NO3S. The van der Waals surface area contributed by atoms with Crippen molar-refractivity contribution in [1.82, 2.24) is 4.90 Å². The summed E-state index contributed by atoms with van der Waals surface area (Å²) in [4.78, 5) is 25.1. The summed E-state index contributed by atoms with van der Waals surface area (Å²) in [6.45, 7) is -0.0469. The molecule has 2 heterocycles. The van der Waals surface area contributed by atoms with Crippen molar-refractivity contribution in [3.63, 3.8) is 0 Å². The van der Waals surface area contributed by atoms with Gasteiger partial charge in [-0.1, -0.05) is 29.1 Å². The van der Waals surface area contributed by atoms with Crippen molar-refractivity contribution in [2.75, 3.05) is 6.54 Å². The van der Waals surface area contributed by atoms with Crippen LogP contribution in [0, 0.1) is 12.3 Å². The molecule has 0 aliphatic carbocycles. The lowest BCUT2D eigenvalue weighted by Crippen LogP contribution is -2.28. The summed E-state index contributed by atoms with van der Waals surface area (Å²) < 4.78 is 5.69. The number of halogens is 2. The molecule has 0 N–H and O–H groups in total. The molecule has 1 aliphatic rings. The fraction of sp³-hybridized carbons (Fsp3) is 0.0588. The first-order valence-corrected chi connectivity index (χ1v) is 8.31. The smallest absolute Gasteiger partial charge is 0.294 e. The zero-order chi connectivity index (χ0) is 17.3. The van der Waals surface area contributed by atoms with Crippen LogP contribution in [0.4, 0.5) is 4.79 Å². The first kappa shape index (κ1) is 16.7. The quantitative estimate of drug-likeness (QED) is 0.562. The summed E-state index contributed by atoms with van der Waals surface area (Å²) in [7, 11) is 0. The Morgan fingerprint density at radius 2 is 2.00 bits per heavy atom. The van der Waals surface area contributed by atoms with Crippen LogP contribution in [-0.2, 0) is 4.79 Å². The molecule has 0 saturated carbocycles. The molecule has 0 spiro atoms. The average molecular weight is 378 g/mol. The normalized spacial score (nSPS) is 16.0. The van der Waals surface area contributed by atoms with Crippen LogP contribution in [0.2, 0.25) is 10.0 Å². The number of amides is 2. The summed E-state index contributed by atoms with van der Waals surface area (Å²) in [5.41, 5.74) is 0.754. The van der Waals surface area contributed by atoms with Crippen LogP contribution in [0.25, 0.3) is 17.4 Å². The molecule has 0 atom stereocenters. The number of furan rings is 1. The SMILES string of the molecule is C#CCN1C(=O)SC(=Cc2ccc(-c3ccc(Cl)c(Cl)c3)o2)C1=O. The molecule has 1 saturated heterocycles. The van der Waals surface area contributed by atoms with Gasteiger partial charge in [-0.3, -0.25) is 14.5 Å². The lowest BCUT2D eigenvalue weighted by molar-refractivity contribution is -0.122. The number of benzene rings is 1. The van der Waals surface area contributed by atoms with Crippen molar-refractivity contribution in [2.45, 2.75) is 0 Å². The van der Waals surface area contributed by atoms with Crippen molar-refractivity contribution in [1.29, 1.82) is 0 Å². The van der Waals surface area contributed by atoms with E-state index in [1.165, 1.54) is 6.08 Å². The van der Waals surface area contributed by atoms with Crippen molar-refractivity contribution in [3.05, 3.63) is 51.0 Å². The third-order valence-electron chi connectivity index (χ3n) is 3.23. The maximum Gasteiger partial charge on any atom is 0.294 e. The van der Waals surface area contributed by atoms with Crippen LogP contribution in [0.15, 0.2) is 39.7 Å². The second-order valence-electron chi connectivity index (χ2n) is 4.80. The monoisotopic (exact) mass is 377 g/mol. The first-order valence-electron chi connectivity index (χ1n) is 6.73. The highest BCUT2D eigenvalue weighted by Gasteiger charge is 2.34. The molecule has 1 aliphatic heterocycles. The van der Waals surface area contributed by atoms with Crippen molar-refractivity contribution >= 4 is 52.2 Å². The number of carbonyl (C=O) groups excluding carboxylic acids is 2. The Balaban J connectivity index is 1.86. The predicted octanol–water partition coefficient (Wildman–Crippen LogP) is 4.92. The van der Waals surface area contributed by atoms with Gasteiger partial charge in [-0.2, -0.15) is 0 Å². The molecule has 24 heavy (non-hydrogen) atoms. The maximum absolute atomic E-state index is 12.1. The van der Waals surface area contributed by atoms with E-state index in [1.54, 1.807) is 30.3 Å². The summed E-state index contributed by atoms with van der Waals surface area (Å²) in [5.74, 6) is 2.88. The number of rotatable bonds is 3. The Morgan fingerprint density at radius 3 is 2.71 bits per heavy atom. The number of nitrogens with zero attached hydrogens (tertiary/aromatic N) is 1. The Morgan fingerprint density at radius 1 is 1.21 bits per heavy atom. The van der Waals surface area contributed by atoms with Crippen molar-refractivity contribution in [3.8, 4) is 23.7 Å². The first-order chi connectivity index (χ1) is 11.5. The number of terminal acetylenes is 1.